The molecule has 9 nitrogen and oxygen atoms in total. The van der Waals surface area contributed by atoms with E-state index in [0.717, 1.165) is 51.7 Å². The Hall–Kier alpha value is -4.24. The van der Waals surface area contributed by atoms with E-state index in [1.807, 2.05) is 32.3 Å². The van der Waals surface area contributed by atoms with Crippen LogP contribution in [0.25, 0.3) is 33.2 Å². The fourth-order valence-corrected chi connectivity index (χ4v) is 6.03. The summed E-state index contributed by atoms with van der Waals surface area (Å²) >= 11 is 0. The second-order valence-electron chi connectivity index (χ2n) is 9.95. The van der Waals surface area contributed by atoms with Crippen LogP contribution in [0, 0.1) is 12.8 Å². The van der Waals surface area contributed by atoms with Gasteiger partial charge in [0.25, 0.3) is 0 Å². The van der Waals surface area contributed by atoms with Crippen LogP contribution in [0.2, 0.25) is 0 Å². The summed E-state index contributed by atoms with van der Waals surface area (Å²) in [5.41, 5.74) is 6.82. The predicted octanol–water partition coefficient (Wildman–Crippen LogP) is 5.10. The molecule has 9 heteroatoms. The van der Waals surface area contributed by atoms with Crippen molar-refractivity contribution in [3.63, 3.8) is 0 Å². The van der Waals surface area contributed by atoms with Crippen LogP contribution in [0.15, 0.2) is 54.7 Å². The fourth-order valence-electron chi connectivity index (χ4n) is 6.03. The Morgan fingerprint density at radius 1 is 1.10 bits per heavy atom. The van der Waals surface area contributed by atoms with Gasteiger partial charge in [0.1, 0.15) is 5.56 Å². The Bertz CT molecular complexity index is 1650. The van der Waals surface area contributed by atoms with Crippen molar-refractivity contribution in [3.05, 3.63) is 71.5 Å². The van der Waals surface area contributed by atoms with Gasteiger partial charge in [-0.2, -0.15) is 0 Å². The molecular formula is C30H31N5O4. The zero-order chi connectivity index (χ0) is 27.1. The average Bonchev–Trinajstić information content (AvgIpc) is 3.49. The Kier molecular flexibility index (Phi) is 6.52. The summed E-state index contributed by atoms with van der Waals surface area (Å²) in [7, 11) is 4.86. The summed E-state index contributed by atoms with van der Waals surface area (Å²) in [4.78, 5) is 17.8. The van der Waals surface area contributed by atoms with Crippen molar-refractivity contribution in [2.24, 2.45) is 13.0 Å². The number of hydrogen-bond donors (Lipinski definition) is 0. The smallest absolute Gasteiger partial charge is 0.341 e. The highest BCUT2D eigenvalue weighted by Crippen LogP contribution is 2.44. The molecule has 3 aromatic heterocycles. The first kappa shape index (κ1) is 25.1. The van der Waals surface area contributed by atoms with Crippen LogP contribution in [0.4, 0.5) is 0 Å². The van der Waals surface area contributed by atoms with Crippen LogP contribution in [0.3, 0.4) is 0 Å². The molecule has 0 spiro atoms. The molecule has 0 amide bonds. The molecule has 0 aliphatic carbocycles. The maximum absolute atomic E-state index is 12.8. The maximum atomic E-state index is 12.8. The van der Waals surface area contributed by atoms with E-state index in [0.29, 0.717) is 30.4 Å². The number of pyridine rings is 1. The highest BCUT2D eigenvalue weighted by Gasteiger charge is 2.32. The van der Waals surface area contributed by atoms with Gasteiger partial charge in [0.15, 0.2) is 5.75 Å². The standard InChI is InChI=1S/C30H31N5O4/c1-18-26(34(2)33-32-18)21-16-24-25(31-17-21)22-10-11-23(30(36)38-4)29(37-3)28(22)35(24)27(19-8-6-5-7-9-19)20-12-14-39-15-13-20/h5-11,16-17,20,27H,12-15H2,1-4H3/t27-/m1/s1. The minimum Gasteiger partial charge on any atom is -0.494 e. The molecule has 1 fully saturated rings. The van der Waals surface area contributed by atoms with Crippen molar-refractivity contribution in [1.29, 1.82) is 0 Å². The lowest BCUT2D eigenvalue weighted by atomic mass is 9.86. The van der Waals surface area contributed by atoms with Gasteiger partial charge in [-0.3, -0.25) is 4.98 Å². The zero-order valence-electron chi connectivity index (χ0n) is 22.5. The van der Waals surface area contributed by atoms with E-state index in [1.165, 1.54) is 12.7 Å². The number of methoxy groups -OCH3 is 2. The average molecular weight is 526 g/mol. The second-order valence-corrected chi connectivity index (χ2v) is 9.95. The highest BCUT2D eigenvalue weighted by molar-refractivity contribution is 6.12. The first-order chi connectivity index (χ1) is 19.0. The van der Waals surface area contributed by atoms with Gasteiger partial charge in [-0.1, -0.05) is 35.5 Å². The molecule has 0 unspecified atom stereocenters. The number of carbonyl (C=O) groups is 1. The minimum atomic E-state index is -0.446. The molecule has 1 aliphatic rings. The van der Waals surface area contributed by atoms with E-state index in [1.54, 1.807) is 17.9 Å². The third kappa shape index (κ3) is 4.13. The van der Waals surface area contributed by atoms with Gasteiger partial charge >= 0.3 is 5.97 Å². The van der Waals surface area contributed by atoms with Gasteiger partial charge < -0.3 is 18.8 Å². The number of carbonyl (C=O) groups excluding carboxylic acids is 1. The molecule has 0 saturated carbocycles. The number of benzene rings is 2. The van der Waals surface area contributed by atoms with Gasteiger partial charge in [0, 0.05) is 37.4 Å². The van der Waals surface area contributed by atoms with Crippen LogP contribution in [0.1, 0.15) is 40.5 Å². The normalized spacial score (nSPS) is 15.1. The lowest BCUT2D eigenvalue weighted by Crippen LogP contribution is -2.27. The molecule has 39 heavy (non-hydrogen) atoms. The van der Waals surface area contributed by atoms with E-state index < -0.39 is 5.97 Å². The predicted molar refractivity (Wildman–Crippen MR) is 148 cm³/mol. The van der Waals surface area contributed by atoms with E-state index in [9.17, 15) is 4.79 Å². The first-order valence-corrected chi connectivity index (χ1v) is 13.1. The Morgan fingerprint density at radius 2 is 1.87 bits per heavy atom. The van der Waals surface area contributed by atoms with Crippen molar-refractivity contribution in [2.75, 3.05) is 27.4 Å². The van der Waals surface area contributed by atoms with Gasteiger partial charge in [0.05, 0.1) is 48.2 Å². The SMILES string of the molecule is COC(=O)c1ccc2c3ncc(-c4c(C)nnn4C)cc3n([C@H](c3ccccc3)C3CCOCC3)c2c1OC. The summed E-state index contributed by atoms with van der Waals surface area (Å²) in [6.07, 6.45) is 3.69. The molecule has 200 valence electrons. The van der Waals surface area contributed by atoms with E-state index in [4.69, 9.17) is 19.2 Å². The summed E-state index contributed by atoms with van der Waals surface area (Å²) in [5.74, 6) is 0.332. The van der Waals surface area contributed by atoms with Crippen LogP contribution in [-0.4, -0.2) is 57.9 Å². The third-order valence-corrected chi connectivity index (χ3v) is 7.76. The Balaban J connectivity index is 1.74. The molecule has 2 aromatic carbocycles. The fraction of sp³-hybridized carbons (Fsp3) is 0.333. The van der Waals surface area contributed by atoms with Crippen LogP contribution < -0.4 is 4.74 Å². The summed E-state index contributed by atoms with van der Waals surface area (Å²) in [6, 6.07) is 16.3. The Morgan fingerprint density at radius 3 is 2.54 bits per heavy atom. The van der Waals surface area contributed by atoms with Crippen molar-refractivity contribution in [2.45, 2.75) is 25.8 Å². The van der Waals surface area contributed by atoms with E-state index in [2.05, 4.69) is 45.2 Å². The topological polar surface area (TPSA) is 93.3 Å². The van der Waals surface area contributed by atoms with Gasteiger partial charge in [-0.05, 0) is 49.4 Å². The minimum absolute atomic E-state index is 0.0419. The molecule has 1 saturated heterocycles. The molecule has 6 rings (SSSR count). The van der Waals surface area contributed by atoms with E-state index in [-0.39, 0.29) is 6.04 Å². The molecule has 0 N–H and O–H groups in total. The molecule has 1 aliphatic heterocycles. The molecule has 4 heterocycles. The molecular weight excluding hydrogens is 494 g/mol. The lowest BCUT2D eigenvalue weighted by Gasteiger charge is -2.33. The van der Waals surface area contributed by atoms with Crippen molar-refractivity contribution in [1.82, 2.24) is 24.5 Å². The quantitative estimate of drug-likeness (QED) is 0.285. The highest BCUT2D eigenvalue weighted by atomic mass is 16.5. The van der Waals surface area contributed by atoms with Gasteiger partial charge in [-0.15, -0.1) is 5.10 Å². The summed E-state index contributed by atoms with van der Waals surface area (Å²) in [6.45, 7) is 3.36. The largest absolute Gasteiger partial charge is 0.494 e. The Labute approximate surface area is 226 Å². The van der Waals surface area contributed by atoms with Crippen molar-refractivity contribution >= 4 is 27.9 Å². The van der Waals surface area contributed by atoms with Gasteiger partial charge in [0.2, 0.25) is 0 Å². The second kappa shape index (κ2) is 10.1. The number of esters is 1. The number of aryl methyl sites for hydroxylation is 2. The number of hydrogen-bond acceptors (Lipinski definition) is 7. The van der Waals surface area contributed by atoms with E-state index >= 15 is 0 Å². The molecule has 5 aromatic rings. The van der Waals surface area contributed by atoms with Crippen LogP contribution in [-0.2, 0) is 16.5 Å². The van der Waals surface area contributed by atoms with Crippen molar-refractivity contribution in [3.8, 4) is 17.0 Å². The first-order valence-electron chi connectivity index (χ1n) is 13.1. The number of rotatable bonds is 6. The maximum Gasteiger partial charge on any atom is 0.341 e. The molecule has 1 atom stereocenters. The summed E-state index contributed by atoms with van der Waals surface area (Å²) < 4.78 is 20.9. The number of fused-ring (bicyclic) bond motifs is 3. The van der Waals surface area contributed by atoms with Crippen LogP contribution in [0.5, 0.6) is 5.75 Å². The zero-order valence-corrected chi connectivity index (χ0v) is 22.5. The molecule has 0 radical (unpaired) electrons. The van der Waals surface area contributed by atoms with Gasteiger partial charge in [-0.25, -0.2) is 9.48 Å². The number of nitrogens with zero attached hydrogens (tertiary/aromatic N) is 5. The number of aromatic nitrogens is 5. The third-order valence-electron chi connectivity index (χ3n) is 7.76. The molecule has 0 bridgehead atoms. The summed E-state index contributed by atoms with van der Waals surface area (Å²) in [5, 5.41) is 9.37. The monoisotopic (exact) mass is 525 g/mol. The van der Waals surface area contributed by atoms with Crippen LogP contribution >= 0.6 is 0 Å². The number of ether oxygens (including phenoxy) is 3. The lowest BCUT2D eigenvalue weighted by molar-refractivity contribution is 0.0552. The van der Waals surface area contributed by atoms with Crippen molar-refractivity contribution < 1.29 is 19.0 Å².